The largest absolute Gasteiger partial charge is 0.573 e. The van der Waals surface area contributed by atoms with E-state index in [4.69, 9.17) is 0 Å². The fraction of sp³-hybridized carbons (Fsp3) is 0.300. The summed E-state index contributed by atoms with van der Waals surface area (Å²) in [6, 6.07) is 0.880. The molecule has 0 saturated carbocycles. The minimum Gasteiger partial charge on any atom is -0.406 e. The second-order valence-electron chi connectivity index (χ2n) is 4.02. The first-order valence-corrected chi connectivity index (χ1v) is 6.29. The number of alkyl halides is 6. The van der Waals surface area contributed by atoms with Gasteiger partial charge in [0.1, 0.15) is 5.75 Å². The molecule has 1 aromatic rings. The highest BCUT2D eigenvalue weighted by atomic mass is 127. The van der Waals surface area contributed by atoms with Crippen molar-refractivity contribution < 1.29 is 35.9 Å². The normalized spacial score (nSPS) is 15.4. The molecule has 0 saturated heterocycles. The summed E-state index contributed by atoms with van der Waals surface area (Å²) in [4.78, 5) is 11.8. The predicted octanol–water partition coefficient (Wildman–Crippen LogP) is 3.41. The number of carbonyl (C=O) groups is 1. The fourth-order valence-corrected chi connectivity index (χ4v) is 2.29. The van der Waals surface area contributed by atoms with E-state index in [0.717, 1.165) is 5.01 Å². The summed E-state index contributed by atoms with van der Waals surface area (Å²) in [5.74, 6) is -1.95. The molecule has 2 rings (SSSR count). The summed E-state index contributed by atoms with van der Waals surface area (Å²) >= 11 is 1.53. The molecular weight excluding hydrogens is 421 g/mol. The van der Waals surface area contributed by atoms with E-state index in [1.54, 1.807) is 0 Å². The van der Waals surface area contributed by atoms with Gasteiger partial charge in [0.25, 0.3) is 5.91 Å². The van der Waals surface area contributed by atoms with E-state index in [1.165, 1.54) is 22.9 Å². The number of nitrogens with one attached hydrogen (secondary N) is 1. The lowest BCUT2D eigenvalue weighted by Crippen LogP contribution is -2.30. The van der Waals surface area contributed by atoms with E-state index >= 15 is 0 Å². The highest BCUT2D eigenvalue weighted by Gasteiger charge is 2.41. The van der Waals surface area contributed by atoms with E-state index < -0.39 is 47.4 Å². The molecule has 0 atom stereocenters. The number of amides is 1. The van der Waals surface area contributed by atoms with Crippen molar-refractivity contribution in [1.29, 1.82) is 0 Å². The third-order valence-electron chi connectivity index (χ3n) is 2.66. The highest BCUT2D eigenvalue weighted by Crippen LogP contribution is 2.40. The van der Waals surface area contributed by atoms with Crippen molar-refractivity contribution in [2.45, 2.75) is 19.1 Å². The summed E-state index contributed by atoms with van der Waals surface area (Å²) in [6.07, 6.45) is -10.1. The van der Waals surface area contributed by atoms with Gasteiger partial charge in [0.2, 0.25) is 0 Å². The number of hydrogen-bond acceptors (Lipinski definition) is 3. The number of carbonyl (C=O) groups excluding carboxylic acids is 1. The topological polar surface area (TPSA) is 41.6 Å². The minimum absolute atomic E-state index is 0.232. The molecule has 0 radical (unpaired) electrons. The molecule has 4 nitrogen and oxygen atoms in total. The zero-order valence-electron chi connectivity index (χ0n) is 9.77. The second kappa shape index (κ2) is 5.19. The molecule has 0 fully saturated rings. The molecule has 1 amide bonds. The Kier molecular flexibility index (Phi) is 3.99. The molecule has 0 bridgehead atoms. The average molecular weight is 426 g/mol. The number of benzene rings is 1. The maximum absolute atomic E-state index is 12.9. The van der Waals surface area contributed by atoms with Crippen LogP contribution in [-0.4, -0.2) is 17.3 Å². The fourth-order valence-electron chi connectivity index (χ4n) is 1.90. The van der Waals surface area contributed by atoms with Crippen LogP contribution < -0.4 is 8.38 Å². The maximum atomic E-state index is 12.9. The molecule has 1 aromatic carbocycles. The zero-order valence-corrected chi connectivity index (χ0v) is 11.9. The van der Waals surface area contributed by atoms with E-state index in [1.807, 2.05) is 0 Å². The second-order valence-corrected chi connectivity index (χ2v) is 4.50. The number of hydrazine groups is 1. The Hall–Kier alpha value is -1.24. The van der Waals surface area contributed by atoms with Crippen LogP contribution in [0.25, 0.3) is 0 Å². The Labute approximate surface area is 127 Å². The van der Waals surface area contributed by atoms with Crippen LogP contribution in [0.5, 0.6) is 5.75 Å². The summed E-state index contributed by atoms with van der Waals surface area (Å²) in [5, 5.41) is 0.845. The van der Waals surface area contributed by atoms with Crippen LogP contribution in [0, 0.1) is 0 Å². The van der Waals surface area contributed by atoms with Crippen LogP contribution in [0.15, 0.2) is 12.1 Å². The molecule has 11 heteroatoms. The van der Waals surface area contributed by atoms with Crippen molar-refractivity contribution in [2.24, 2.45) is 0 Å². The van der Waals surface area contributed by atoms with Gasteiger partial charge in [-0.3, -0.25) is 9.80 Å². The summed E-state index contributed by atoms with van der Waals surface area (Å²) < 4.78 is 81.0. The van der Waals surface area contributed by atoms with Gasteiger partial charge in [0.05, 0.1) is 17.7 Å². The van der Waals surface area contributed by atoms with E-state index in [-0.39, 0.29) is 6.07 Å². The van der Waals surface area contributed by atoms with Gasteiger partial charge in [-0.25, -0.2) is 0 Å². The first-order valence-electron chi connectivity index (χ1n) is 5.21. The lowest BCUT2D eigenvalue weighted by atomic mass is 10.0. The van der Waals surface area contributed by atoms with Crippen molar-refractivity contribution in [3.05, 3.63) is 28.8 Å². The van der Waals surface area contributed by atoms with Gasteiger partial charge in [0.15, 0.2) is 0 Å². The van der Waals surface area contributed by atoms with Crippen LogP contribution >= 0.6 is 22.9 Å². The molecular formula is C10H5F6IN2O2. The monoisotopic (exact) mass is 426 g/mol. The molecule has 0 aromatic heterocycles. The summed E-state index contributed by atoms with van der Waals surface area (Å²) in [7, 11) is 0. The predicted molar refractivity (Wildman–Crippen MR) is 65.2 cm³/mol. The van der Waals surface area contributed by atoms with E-state index in [0.29, 0.717) is 6.07 Å². The van der Waals surface area contributed by atoms with Gasteiger partial charge in [0, 0.05) is 22.9 Å². The molecule has 1 aliphatic rings. The van der Waals surface area contributed by atoms with Gasteiger partial charge in [-0.2, -0.15) is 16.8 Å². The van der Waals surface area contributed by atoms with Crippen molar-refractivity contribution in [2.75, 3.05) is 0 Å². The molecule has 0 spiro atoms. The van der Waals surface area contributed by atoms with Crippen molar-refractivity contribution in [1.82, 2.24) is 8.65 Å². The van der Waals surface area contributed by atoms with Crippen LogP contribution in [0.1, 0.15) is 21.5 Å². The number of nitrogens with zero attached hydrogens (tertiary/aromatic N) is 1. The van der Waals surface area contributed by atoms with Gasteiger partial charge < -0.3 is 4.74 Å². The molecule has 1 N–H and O–H groups in total. The van der Waals surface area contributed by atoms with Crippen molar-refractivity contribution in [3.8, 4) is 5.75 Å². The Morgan fingerprint density at radius 1 is 1.19 bits per heavy atom. The Bertz CT molecular complexity index is 586. The molecule has 0 unspecified atom stereocenters. The highest BCUT2D eigenvalue weighted by molar-refractivity contribution is 14.1. The number of hydrogen-bond donors (Lipinski definition) is 1. The molecule has 116 valence electrons. The van der Waals surface area contributed by atoms with Crippen LogP contribution in [-0.2, 0) is 12.7 Å². The number of halogens is 7. The molecule has 1 heterocycles. The van der Waals surface area contributed by atoms with Crippen LogP contribution in [0.4, 0.5) is 26.3 Å². The van der Waals surface area contributed by atoms with Gasteiger partial charge in [-0.15, -0.1) is 13.2 Å². The number of ether oxygens (including phenoxy) is 1. The molecule has 1 aliphatic heterocycles. The van der Waals surface area contributed by atoms with Crippen molar-refractivity contribution in [3.63, 3.8) is 0 Å². The van der Waals surface area contributed by atoms with Crippen LogP contribution in [0.2, 0.25) is 0 Å². The van der Waals surface area contributed by atoms with Gasteiger partial charge >= 0.3 is 12.5 Å². The summed E-state index contributed by atoms with van der Waals surface area (Å²) in [5.41, 5.74) is -2.21. The van der Waals surface area contributed by atoms with Crippen LogP contribution in [0.3, 0.4) is 0 Å². The Balaban J connectivity index is 2.56. The first kappa shape index (κ1) is 16.1. The first-order chi connectivity index (χ1) is 9.53. The van der Waals surface area contributed by atoms with E-state index in [2.05, 4.69) is 8.38 Å². The maximum Gasteiger partial charge on any atom is 0.573 e. The smallest absolute Gasteiger partial charge is 0.406 e. The van der Waals surface area contributed by atoms with Gasteiger partial charge in [-0.05, 0) is 17.7 Å². The standard InChI is InChI=1S/C10H5F6IN2O2/c11-9(12,13)7-2-4(21-10(14,15)16)1-5-6(7)3-19(18-17)8(5)20/h1-2,18H,3H2. The quantitative estimate of drug-likeness (QED) is 0.448. The lowest BCUT2D eigenvalue weighted by molar-refractivity contribution is -0.274. The lowest BCUT2D eigenvalue weighted by Gasteiger charge is -2.15. The average Bonchev–Trinajstić information content (AvgIpc) is 2.62. The Morgan fingerprint density at radius 2 is 1.81 bits per heavy atom. The van der Waals surface area contributed by atoms with E-state index in [9.17, 15) is 31.1 Å². The third-order valence-corrected chi connectivity index (χ3v) is 3.24. The number of rotatable bonds is 2. The SMILES string of the molecule is O=C1c2cc(OC(F)(F)F)cc(C(F)(F)F)c2CN1NI. The van der Waals surface area contributed by atoms with Gasteiger partial charge in [-0.1, -0.05) is 0 Å². The molecule has 0 aliphatic carbocycles. The minimum atomic E-state index is -5.15. The third kappa shape index (κ3) is 3.33. The van der Waals surface area contributed by atoms with Crippen molar-refractivity contribution >= 4 is 28.8 Å². The molecule has 21 heavy (non-hydrogen) atoms. The Morgan fingerprint density at radius 3 is 2.29 bits per heavy atom. The summed E-state index contributed by atoms with van der Waals surface area (Å²) in [6.45, 7) is -0.405. The number of fused-ring (bicyclic) bond motifs is 1. The zero-order chi connectivity index (χ0) is 16.0.